The predicted octanol–water partition coefficient (Wildman–Crippen LogP) is 3.86. The lowest BCUT2D eigenvalue weighted by atomic mass is 10.1. The third-order valence-electron chi connectivity index (χ3n) is 4.19. The van der Waals surface area contributed by atoms with Gasteiger partial charge < -0.3 is 14.6 Å². The summed E-state index contributed by atoms with van der Waals surface area (Å²) in [6.07, 6.45) is 6.16. The van der Waals surface area contributed by atoms with Crippen LogP contribution < -0.4 is 9.47 Å². The molecule has 0 aromatic heterocycles. The van der Waals surface area contributed by atoms with Crippen LogP contribution in [0, 0.1) is 0 Å². The molecule has 124 valence electrons. The van der Waals surface area contributed by atoms with E-state index in [4.69, 9.17) is 14.6 Å². The van der Waals surface area contributed by atoms with Gasteiger partial charge in [0.25, 0.3) is 0 Å². The molecule has 0 amide bonds. The summed E-state index contributed by atoms with van der Waals surface area (Å²) in [6, 6.07) is 11.8. The van der Waals surface area contributed by atoms with Gasteiger partial charge in [-0.25, -0.2) is 4.79 Å². The van der Waals surface area contributed by atoms with Crippen LogP contribution >= 0.6 is 0 Å². The summed E-state index contributed by atoms with van der Waals surface area (Å²) in [5, 5.41) is 8.74. The lowest BCUT2D eigenvalue weighted by Gasteiger charge is -2.12. The van der Waals surface area contributed by atoms with E-state index in [0.717, 1.165) is 41.5 Å². The van der Waals surface area contributed by atoms with Crippen molar-refractivity contribution in [1.29, 1.82) is 0 Å². The van der Waals surface area contributed by atoms with E-state index in [-0.39, 0.29) is 0 Å². The summed E-state index contributed by atoms with van der Waals surface area (Å²) < 4.78 is 11.3. The van der Waals surface area contributed by atoms with Crippen LogP contribution in [-0.2, 0) is 24.2 Å². The third-order valence-corrected chi connectivity index (χ3v) is 4.19. The maximum atomic E-state index is 10.6. The molecule has 3 rings (SSSR count). The number of rotatable bonds is 6. The largest absolute Gasteiger partial charge is 0.496 e. The summed E-state index contributed by atoms with van der Waals surface area (Å²) >= 11 is 0. The number of fused-ring (bicyclic) bond motifs is 1. The van der Waals surface area contributed by atoms with Crippen LogP contribution in [-0.4, -0.2) is 18.2 Å². The Morgan fingerprint density at radius 3 is 2.79 bits per heavy atom. The van der Waals surface area contributed by atoms with E-state index < -0.39 is 5.97 Å². The topological polar surface area (TPSA) is 55.8 Å². The lowest BCUT2D eigenvalue weighted by Crippen LogP contribution is -2.00. The van der Waals surface area contributed by atoms with Crippen molar-refractivity contribution in [3.05, 3.63) is 64.7 Å². The quantitative estimate of drug-likeness (QED) is 0.820. The second kappa shape index (κ2) is 7.21. The zero-order valence-corrected chi connectivity index (χ0v) is 13.6. The van der Waals surface area contributed by atoms with Gasteiger partial charge in [-0.3, -0.25) is 0 Å². The molecule has 4 nitrogen and oxygen atoms in total. The van der Waals surface area contributed by atoms with E-state index >= 15 is 0 Å². The minimum atomic E-state index is -0.971. The Morgan fingerprint density at radius 2 is 2.00 bits per heavy atom. The Labute approximate surface area is 141 Å². The number of aliphatic carboxylic acids is 1. The minimum absolute atomic E-state index is 0.372. The number of benzene rings is 2. The molecule has 0 saturated heterocycles. The lowest BCUT2D eigenvalue weighted by molar-refractivity contribution is -0.131. The van der Waals surface area contributed by atoms with Crippen molar-refractivity contribution in [2.75, 3.05) is 7.11 Å². The van der Waals surface area contributed by atoms with Crippen molar-refractivity contribution in [3.63, 3.8) is 0 Å². The fraction of sp³-hybridized carbons (Fsp3) is 0.250. The van der Waals surface area contributed by atoms with Crippen LogP contribution in [0.4, 0.5) is 0 Å². The van der Waals surface area contributed by atoms with Crippen LogP contribution in [0.3, 0.4) is 0 Å². The second-order valence-electron chi connectivity index (χ2n) is 5.82. The van der Waals surface area contributed by atoms with Crippen molar-refractivity contribution >= 4 is 12.0 Å². The van der Waals surface area contributed by atoms with Crippen LogP contribution in [0.1, 0.15) is 28.7 Å². The molecule has 4 heteroatoms. The van der Waals surface area contributed by atoms with Gasteiger partial charge in [0.05, 0.1) is 7.11 Å². The van der Waals surface area contributed by atoms with Crippen LogP contribution in [0.25, 0.3) is 6.08 Å². The molecule has 2 aromatic carbocycles. The fourth-order valence-corrected chi connectivity index (χ4v) is 2.98. The Hall–Kier alpha value is -2.75. The van der Waals surface area contributed by atoms with Crippen molar-refractivity contribution in [1.82, 2.24) is 0 Å². The van der Waals surface area contributed by atoms with Crippen molar-refractivity contribution < 1.29 is 19.4 Å². The van der Waals surface area contributed by atoms with Gasteiger partial charge in [-0.05, 0) is 66.3 Å². The average Bonchev–Trinajstić information content (AvgIpc) is 3.05. The van der Waals surface area contributed by atoms with Gasteiger partial charge in [0, 0.05) is 11.6 Å². The molecule has 24 heavy (non-hydrogen) atoms. The summed E-state index contributed by atoms with van der Waals surface area (Å²) in [5.74, 6) is 0.606. The van der Waals surface area contributed by atoms with Crippen LogP contribution in [0.15, 0.2) is 42.5 Å². The first kappa shape index (κ1) is 16.1. The number of carboxylic acids is 1. The number of ether oxygens (including phenoxy) is 2. The summed E-state index contributed by atoms with van der Waals surface area (Å²) in [4.78, 5) is 10.6. The second-order valence-corrected chi connectivity index (χ2v) is 5.82. The van der Waals surface area contributed by atoms with Gasteiger partial charge in [0.2, 0.25) is 0 Å². The first-order valence-corrected chi connectivity index (χ1v) is 7.98. The van der Waals surface area contributed by atoms with E-state index in [2.05, 4.69) is 12.1 Å². The first-order valence-electron chi connectivity index (χ1n) is 7.98. The van der Waals surface area contributed by atoms with Gasteiger partial charge in [0.1, 0.15) is 18.1 Å². The Kier molecular flexibility index (Phi) is 4.85. The van der Waals surface area contributed by atoms with Crippen molar-refractivity contribution in [2.24, 2.45) is 0 Å². The standard InChI is InChI=1S/C20H20O4/c1-23-19-9-5-14(6-10-20(21)22)11-17(19)13-24-18-8-7-15-3-2-4-16(15)12-18/h5-12H,2-4,13H2,1H3,(H,21,22). The van der Waals surface area contributed by atoms with Crippen LogP contribution in [0.5, 0.6) is 11.5 Å². The molecule has 0 fully saturated rings. The third kappa shape index (κ3) is 3.77. The molecule has 0 radical (unpaired) electrons. The van der Waals surface area contributed by atoms with Gasteiger partial charge in [-0.1, -0.05) is 12.1 Å². The zero-order valence-electron chi connectivity index (χ0n) is 13.6. The number of methoxy groups -OCH3 is 1. The smallest absolute Gasteiger partial charge is 0.328 e. The van der Waals surface area contributed by atoms with Gasteiger partial charge in [-0.2, -0.15) is 0 Å². The Balaban J connectivity index is 1.75. The van der Waals surface area contributed by atoms with E-state index in [1.807, 2.05) is 24.3 Å². The summed E-state index contributed by atoms with van der Waals surface area (Å²) in [6.45, 7) is 0.372. The Morgan fingerprint density at radius 1 is 1.17 bits per heavy atom. The molecule has 0 unspecified atom stereocenters. The highest BCUT2D eigenvalue weighted by atomic mass is 16.5. The molecule has 0 spiro atoms. The number of hydrogen-bond donors (Lipinski definition) is 1. The molecule has 0 aliphatic heterocycles. The van der Waals surface area contributed by atoms with Gasteiger partial charge in [-0.15, -0.1) is 0 Å². The number of carboxylic acid groups (broad SMARTS) is 1. The van der Waals surface area contributed by atoms with Crippen LogP contribution in [0.2, 0.25) is 0 Å². The highest BCUT2D eigenvalue weighted by Crippen LogP contribution is 2.28. The monoisotopic (exact) mass is 324 g/mol. The molecule has 0 heterocycles. The van der Waals surface area contributed by atoms with E-state index in [9.17, 15) is 4.79 Å². The van der Waals surface area contributed by atoms with E-state index in [1.165, 1.54) is 17.5 Å². The molecule has 0 bridgehead atoms. The zero-order chi connectivity index (χ0) is 16.9. The molecule has 2 aromatic rings. The molecule has 1 N–H and O–H groups in total. The van der Waals surface area contributed by atoms with Crippen molar-refractivity contribution in [2.45, 2.75) is 25.9 Å². The molecule has 0 saturated carbocycles. The SMILES string of the molecule is COc1ccc(C=CC(=O)O)cc1COc1ccc2c(c1)CCC2. The average molecular weight is 324 g/mol. The number of carbonyl (C=O) groups is 1. The van der Waals surface area contributed by atoms with Gasteiger partial charge in [0.15, 0.2) is 0 Å². The highest BCUT2D eigenvalue weighted by molar-refractivity contribution is 5.85. The number of hydrogen-bond acceptors (Lipinski definition) is 3. The van der Waals surface area contributed by atoms with E-state index in [1.54, 1.807) is 13.2 Å². The normalized spacial score (nSPS) is 13.0. The van der Waals surface area contributed by atoms with E-state index in [0.29, 0.717) is 6.61 Å². The first-order chi connectivity index (χ1) is 11.7. The molecule has 1 aliphatic carbocycles. The maximum Gasteiger partial charge on any atom is 0.328 e. The fourth-order valence-electron chi connectivity index (χ4n) is 2.98. The summed E-state index contributed by atoms with van der Waals surface area (Å²) in [7, 11) is 1.61. The maximum absolute atomic E-state index is 10.6. The molecule has 0 atom stereocenters. The predicted molar refractivity (Wildman–Crippen MR) is 92.5 cm³/mol. The van der Waals surface area contributed by atoms with Gasteiger partial charge >= 0.3 is 5.97 Å². The Bertz CT molecular complexity index is 777. The highest BCUT2D eigenvalue weighted by Gasteiger charge is 2.12. The minimum Gasteiger partial charge on any atom is -0.496 e. The summed E-state index contributed by atoms with van der Waals surface area (Å²) in [5.41, 5.74) is 4.47. The number of aryl methyl sites for hydroxylation is 2. The molecular weight excluding hydrogens is 304 g/mol. The van der Waals surface area contributed by atoms with Crippen molar-refractivity contribution in [3.8, 4) is 11.5 Å². The molecular formula is C20H20O4. The molecule has 1 aliphatic rings.